The molecule has 1 aromatic heterocycles. The van der Waals surface area contributed by atoms with Gasteiger partial charge in [-0.1, -0.05) is 0 Å². The van der Waals surface area contributed by atoms with E-state index in [2.05, 4.69) is 9.88 Å². The molecule has 3 aliphatic carbocycles. The van der Waals surface area contributed by atoms with Crippen LogP contribution in [-0.2, 0) is 5.54 Å². The lowest BCUT2D eigenvalue weighted by molar-refractivity contribution is -0.210. The van der Waals surface area contributed by atoms with Crippen LogP contribution >= 0.6 is 22.6 Å². The van der Waals surface area contributed by atoms with Crippen LogP contribution in [0.15, 0.2) is 6.20 Å². The molecule has 0 radical (unpaired) electrons. The van der Waals surface area contributed by atoms with Crippen LogP contribution in [0.2, 0.25) is 0 Å². The summed E-state index contributed by atoms with van der Waals surface area (Å²) in [4.78, 5) is 5.98. The summed E-state index contributed by atoms with van der Waals surface area (Å²) < 4.78 is 67.7. The third-order valence-electron chi connectivity index (χ3n) is 6.19. The van der Waals surface area contributed by atoms with E-state index in [0.717, 1.165) is 0 Å². The number of fused-ring (bicyclic) bond motifs is 1. The lowest BCUT2D eigenvalue weighted by Gasteiger charge is -2.42. The third kappa shape index (κ3) is 3.05. The third-order valence-corrected chi connectivity index (χ3v) is 6.71. The number of hydrogen-bond acceptors (Lipinski definition) is 3. The van der Waals surface area contributed by atoms with E-state index in [9.17, 15) is 27.1 Å². The van der Waals surface area contributed by atoms with E-state index in [-0.39, 0.29) is 24.7 Å². The number of aromatic nitrogens is 2. The Bertz CT molecular complexity index is 691. The molecule has 10 heteroatoms. The Morgan fingerprint density at radius 1 is 1.19 bits per heavy atom. The van der Waals surface area contributed by atoms with Crippen LogP contribution in [0.5, 0.6) is 0 Å². The monoisotopic (exact) mass is 491 g/mol. The van der Waals surface area contributed by atoms with Gasteiger partial charge < -0.3 is 9.67 Å². The molecule has 2 atom stereocenters. The number of piperidine rings is 1. The maximum atomic E-state index is 13.4. The van der Waals surface area contributed by atoms with Crippen LogP contribution in [0.25, 0.3) is 0 Å². The number of nitrogens with zero attached hydrogens (tertiary/aromatic N) is 3. The summed E-state index contributed by atoms with van der Waals surface area (Å²) in [6.07, 6.45) is -4.13. The van der Waals surface area contributed by atoms with Gasteiger partial charge in [0.2, 0.25) is 6.10 Å². The molecule has 5 rings (SSSR count). The summed E-state index contributed by atoms with van der Waals surface area (Å²) >= 11 is 1.85. The van der Waals surface area contributed by atoms with E-state index in [1.165, 1.54) is 4.57 Å². The molecule has 0 aromatic carbocycles. The molecule has 0 spiro atoms. The van der Waals surface area contributed by atoms with Gasteiger partial charge in [-0.05, 0) is 47.8 Å². The zero-order valence-electron chi connectivity index (χ0n) is 13.8. The van der Waals surface area contributed by atoms with Crippen molar-refractivity contribution in [3.8, 4) is 0 Å². The number of aliphatic hydroxyl groups is 1. The first-order chi connectivity index (χ1) is 12.0. The molecule has 4 aliphatic rings. The fraction of sp³-hybridized carbons (Fsp3) is 0.812. The van der Waals surface area contributed by atoms with Gasteiger partial charge in [0.25, 0.3) is 5.92 Å². The highest BCUT2D eigenvalue weighted by molar-refractivity contribution is 14.1. The molecule has 3 saturated carbocycles. The van der Waals surface area contributed by atoms with Crippen LogP contribution in [0, 0.1) is 9.62 Å². The second-order valence-electron chi connectivity index (χ2n) is 7.79. The normalized spacial score (nSPS) is 35.3. The van der Waals surface area contributed by atoms with Gasteiger partial charge in [0.1, 0.15) is 9.53 Å². The van der Waals surface area contributed by atoms with E-state index in [1.54, 1.807) is 6.20 Å². The minimum atomic E-state index is -4.78. The second-order valence-corrected chi connectivity index (χ2v) is 8.90. The van der Waals surface area contributed by atoms with E-state index in [0.29, 0.717) is 42.0 Å². The molecule has 4 nitrogen and oxygen atoms in total. The number of hydrogen-bond donors (Lipinski definition) is 1. The first-order valence-corrected chi connectivity index (χ1v) is 9.71. The van der Waals surface area contributed by atoms with Crippen molar-refractivity contribution in [1.29, 1.82) is 0 Å². The van der Waals surface area contributed by atoms with Crippen molar-refractivity contribution in [2.24, 2.45) is 5.92 Å². The minimum absolute atomic E-state index is 0.113. The molecule has 2 heterocycles. The summed E-state index contributed by atoms with van der Waals surface area (Å²) in [5, 5.41) is 9.71. The summed E-state index contributed by atoms with van der Waals surface area (Å²) in [6.45, 7) is 0.646. The summed E-state index contributed by atoms with van der Waals surface area (Å²) in [5.41, 5.74) is -0.493. The van der Waals surface area contributed by atoms with E-state index in [4.69, 9.17) is 0 Å². The minimum Gasteiger partial charge on any atom is -0.377 e. The first kappa shape index (κ1) is 18.9. The van der Waals surface area contributed by atoms with Crippen LogP contribution < -0.4 is 0 Å². The summed E-state index contributed by atoms with van der Waals surface area (Å²) in [5.74, 6) is -2.68. The van der Waals surface area contributed by atoms with Crippen molar-refractivity contribution < 1.29 is 27.1 Å². The Hall–Kier alpha value is -0.490. The zero-order valence-corrected chi connectivity index (χ0v) is 16.0. The van der Waals surface area contributed by atoms with Gasteiger partial charge >= 0.3 is 6.18 Å². The summed E-state index contributed by atoms with van der Waals surface area (Å²) in [6, 6.07) is 0.113. The second kappa shape index (κ2) is 6.00. The molecular weight excluding hydrogens is 472 g/mol. The average molecular weight is 491 g/mol. The van der Waals surface area contributed by atoms with E-state index in [1.807, 2.05) is 22.6 Å². The van der Waals surface area contributed by atoms with Crippen molar-refractivity contribution in [3.05, 3.63) is 15.7 Å². The predicted molar refractivity (Wildman–Crippen MR) is 90.8 cm³/mol. The lowest BCUT2D eigenvalue weighted by Crippen LogP contribution is -2.46. The van der Waals surface area contributed by atoms with Gasteiger partial charge in [-0.25, -0.2) is 13.8 Å². The Kier molecular flexibility index (Phi) is 4.35. The van der Waals surface area contributed by atoms with Gasteiger partial charge in [0, 0.05) is 43.7 Å². The van der Waals surface area contributed by atoms with Crippen molar-refractivity contribution in [2.75, 3.05) is 13.1 Å². The number of halogens is 6. The molecule has 26 heavy (non-hydrogen) atoms. The van der Waals surface area contributed by atoms with Crippen molar-refractivity contribution >= 4 is 22.6 Å². The van der Waals surface area contributed by atoms with Crippen molar-refractivity contribution in [3.63, 3.8) is 0 Å². The fourth-order valence-electron chi connectivity index (χ4n) is 4.90. The Morgan fingerprint density at radius 2 is 1.81 bits per heavy atom. The molecule has 4 fully saturated rings. The highest BCUT2D eigenvalue weighted by Crippen LogP contribution is 2.59. The smallest absolute Gasteiger partial charge is 0.377 e. The predicted octanol–water partition coefficient (Wildman–Crippen LogP) is 3.69. The molecule has 1 N–H and O–H groups in total. The Balaban J connectivity index is 1.55. The van der Waals surface area contributed by atoms with Crippen LogP contribution in [0.1, 0.15) is 44.0 Å². The lowest BCUT2D eigenvalue weighted by atomic mass is 9.76. The number of imidazole rings is 1. The number of rotatable bonds is 3. The molecule has 1 aromatic rings. The van der Waals surface area contributed by atoms with E-state index >= 15 is 0 Å². The number of likely N-dealkylation sites (tertiary alicyclic amines) is 1. The van der Waals surface area contributed by atoms with Gasteiger partial charge in [-0.2, -0.15) is 13.2 Å². The number of alkyl halides is 5. The fourth-order valence-corrected chi connectivity index (χ4v) is 5.43. The largest absolute Gasteiger partial charge is 0.421 e. The molecule has 1 unspecified atom stereocenters. The molecule has 2 bridgehead atoms. The highest BCUT2D eigenvalue weighted by Gasteiger charge is 2.60. The van der Waals surface area contributed by atoms with Crippen molar-refractivity contribution in [1.82, 2.24) is 14.5 Å². The maximum Gasteiger partial charge on any atom is 0.421 e. The van der Waals surface area contributed by atoms with Gasteiger partial charge in [0.15, 0.2) is 0 Å². The first-order valence-electron chi connectivity index (χ1n) is 8.63. The van der Waals surface area contributed by atoms with Crippen LogP contribution in [0.4, 0.5) is 22.0 Å². The maximum absolute atomic E-state index is 13.4. The molecule has 146 valence electrons. The zero-order chi connectivity index (χ0) is 18.9. The Labute approximate surface area is 160 Å². The molecule has 1 aliphatic heterocycles. The molecule has 0 amide bonds. The van der Waals surface area contributed by atoms with Crippen LogP contribution in [0.3, 0.4) is 0 Å². The topological polar surface area (TPSA) is 41.3 Å². The van der Waals surface area contributed by atoms with Gasteiger partial charge in [-0.15, -0.1) is 0 Å². The Morgan fingerprint density at radius 3 is 2.38 bits per heavy atom. The highest BCUT2D eigenvalue weighted by atomic mass is 127. The van der Waals surface area contributed by atoms with Gasteiger partial charge in [-0.3, -0.25) is 4.90 Å². The standard InChI is InChI=1S/C16H19F5IN3O/c17-15(18)1-3-24(4-2-15)10-7-14(5-9(10)6-14)25-8-11(22)23-13(25)12(26)16(19,20)21/h8-10,12,26H,1-7H2/t9?,10-,12?,14?/m0/s1. The number of aliphatic hydroxyl groups excluding tert-OH is 1. The quantitative estimate of drug-likeness (QED) is 0.519. The van der Waals surface area contributed by atoms with E-state index < -0.39 is 23.7 Å². The van der Waals surface area contributed by atoms with Gasteiger partial charge in [0.05, 0.1) is 0 Å². The molecular formula is C16H19F5IN3O. The average Bonchev–Trinajstić information content (AvgIpc) is 3.15. The van der Waals surface area contributed by atoms with Crippen molar-refractivity contribution in [2.45, 2.75) is 61.9 Å². The summed E-state index contributed by atoms with van der Waals surface area (Å²) in [7, 11) is 0. The van der Waals surface area contributed by atoms with Crippen LogP contribution in [-0.4, -0.2) is 50.8 Å². The SMILES string of the molecule is OC(c1nc(I)cn1C12CC(C1)[C@@H](N1CCC(F)(F)CC1)C2)C(F)(F)F. The molecule has 1 saturated heterocycles.